The number of aliphatic hydroxyl groups excluding tert-OH is 2. The van der Waals surface area contributed by atoms with Crippen molar-refractivity contribution in [3.63, 3.8) is 0 Å². The van der Waals surface area contributed by atoms with Gasteiger partial charge in [0.25, 0.3) is 0 Å². The van der Waals surface area contributed by atoms with Gasteiger partial charge in [-0.1, -0.05) is 5.57 Å². The third-order valence-corrected chi connectivity index (χ3v) is 3.69. The van der Waals surface area contributed by atoms with E-state index in [2.05, 4.69) is 29.5 Å². The lowest BCUT2D eigenvalue weighted by Crippen LogP contribution is -1.88. The Bertz CT molecular complexity index is 149. The fourth-order valence-corrected chi connectivity index (χ4v) is 1.89. The van der Waals surface area contributed by atoms with Gasteiger partial charge < -0.3 is 10.2 Å². The fourth-order valence-electron chi connectivity index (χ4n) is 1.24. The average Bonchev–Trinajstić information content (AvgIpc) is 2.18. The van der Waals surface area contributed by atoms with Crippen molar-refractivity contribution in [3.05, 3.63) is 9.15 Å². The summed E-state index contributed by atoms with van der Waals surface area (Å²) in [6, 6.07) is 0. The lowest BCUT2D eigenvalue weighted by atomic mass is 10.1. The Hall–Kier alpha value is 0.390. The Balaban J connectivity index is 3.66. The maximum absolute atomic E-state index is 8.65. The van der Waals surface area contributed by atoms with E-state index in [1.54, 1.807) is 0 Å². The second kappa shape index (κ2) is 9.93. The number of hydrogen-bond donors (Lipinski definition) is 2. The maximum Gasteiger partial charge on any atom is 0.0431 e. The first-order chi connectivity index (χ1) is 6.72. The first kappa shape index (κ1) is 14.4. The van der Waals surface area contributed by atoms with Crippen LogP contribution in [0.25, 0.3) is 0 Å². The molecule has 2 nitrogen and oxygen atoms in total. The van der Waals surface area contributed by atoms with Gasteiger partial charge in [0.15, 0.2) is 0 Å². The molecule has 0 aromatic heterocycles. The van der Waals surface area contributed by atoms with E-state index in [1.807, 2.05) is 0 Å². The predicted octanol–water partition coefficient (Wildman–Crippen LogP) is 3.02. The van der Waals surface area contributed by atoms with E-state index in [1.165, 1.54) is 9.15 Å². The summed E-state index contributed by atoms with van der Waals surface area (Å²) in [4.78, 5) is 0. The highest BCUT2D eigenvalue weighted by Gasteiger charge is 1.99. The van der Waals surface area contributed by atoms with Crippen molar-refractivity contribution in [2.24, 2.45) is 0 Å². The molecule has 0 fully saturated rings. The van der Waals surface area contributed by atoms with Gasteiger partial charge in [-0.05, 0) is 71.6 Å². The van der Waals surface area contributed by atoms with Crippen LogP contribution in [0.2, 0.25) is 0 Å². The molecule has 84 valence electrons. The lowest BCUT2D eigenvalue weighted by Gasteiger charge is -2.05. The Morgan fingerprint density at radius 1 is 0.929 bits per heavy atom. The third-order valence-electron chi connectivity index (χ3n) is 2.23. The highest BCUT2D eigenvalue weighted by Crippen LogP contribution is 2.22. The normalized spacial score (nSPS) is 12.9. The minimum Gasteiger partial charge on any atom is -0.396 e. The molecule has 0 radical (unpaired) electrons. The van der Waals surface area contributed by atoms with Crippen molar-refractivity contribution in [1.82, 2.24) is 0 Å². The Morgan fingerprint density at radius 3 is 1.93 bits per heavy atom. The molecule has 0 atom stereocenters. The first-order valence-electron chi connectivity index (χ1n) is 5.28. The second-order valence-electron chi connectivity index (χ2n) is 3.55. The van der Waals surface area contributed by atoms with E-state index in [4.69, 9.17) is 10.2 Å². The molecule has 0 saturated heterocycles. The van der Waals surface area contributed by atoms with Gasteiger partial charge in [0.1, 0.15) is 0 Å². The van der Waals surface area contributed by atoms with Crippen LogP contribution >= 0.6 is 22.6 Å². The van der Waals surface area contributed by atoms with E-state index in [0.29, 0.717) is 13.2 Å². The van der Waals surface area contributed by atoms with E-state index in [0.717, 1.165) is 38.5 Å². The molecule has 0 aliphatic heterocycles. The van der Waals surface area contributed by atoms with Gasteiger partial charge in [-0.3, -0.25) is 0 Å². The third kappa shape index (κ3) is 7.76. The van der Waals surface area contributed by atoms with Crippen molar-refractivity contribution in [1.29, 1.82) is 0 Å². The highest BCUT2D eigenvalue weighted by molar-refractivity contribution is 14.1. The standard InChI is InChI=1S/C11H21IO2/c1-10(6-2-4-8-13)11(12)7-3-5-9-14/h13-14H,2-9H2,1H3. The summed E-state index contributed by atoms with van der Waals surface area (Å²) in [6.07, 6.45) is 6.14. The van der Waals surface area contributed by atoms with E-state index < -0.39 is 0 Å². The largest absolute Gasteiger partial charge is 0.396 e. The van der Waals surface area contributed by atoms with E-state index >= 15 is 0 Å². The number of unbranched alkanes of at least 4 members (excludes halogenated alkanes) is 2. The van der Waals surface area contributed by atoms with E-state index in [-0.39, 0.29) is 0 Å². The lowest BCUT2D eigenvalue weighted by molar-refractivity contribution is 0.284. The monoisotopic (exact) mass is 312 g/mol. The average molecular weight is 312 g/mol. The summed E-state index contributed by atoms with van der Waals surface area (Å²) in [5.41, 5.74) is 1.44. The van der Waals surface area contributed by atoms with Crippen LogP contribution in [-0.2, 0) is 0 Å². The molecule has 0 aliphatic carbocycles. The summed E-state index contributed by atoms with van der Waals surface area (Å²) in [5, 5.41) is 17.3. The van der Waals surface area contributed by atoms with Crippen LogP contribution in [0.1, 0.15) is 45.4 Å². The number of rotatable bonds is 8. The smallest absolute Gasteiger partial charge is 0.0431 e. The molecule has 0 saturated carbocycles. The van der Waals surface area contributed by atoms with Gasteiger partial charge in [-0.25, -0.2) is 0 Å². The second-order valence-corrected chi connectivity index (χ2v) is 4.85. The topological polar surface area (TPSA) is 40.5 Å². The zero-order valence-electron chi connectivity index (χ0n) is 8.93. The Kier molecular flexibility index (Phi) is 10.2. The zero-order chi connectivity index (χ0) is 10.8. The SMILES string of the molecule is CC(CCCCO)=C(I)CCCCO. The Labute approximate surface area is 101 Å². The molecule has 14 heavy (non-hydrogen) atoms. The summed E-state index contributed by atoms with van der Waals surface area (Å²) < 4.78 is 1.42. The molecule has 0 aromatic carbocycles. The summed E-state index contributed by atoms with van der Waals surface area (Å²) >= 11 is 2.39. The van der Waals surface area contributed by atoms with Gasteiger partial charge in [-0.15, -0.1) is 0 Å². The number of allylic oxidation sites excluding steroid dienone is 2. The zero-order valence-corrected chi connectivity index (χ0v) is 11.1. The van der Waals surface area contributed by atoms with Gasteiger partial charge in [-0.2, -0.15) is 0 Å². The van der Waals surface area contributed by atoms with Crippen LogP contribution in [-0.4, -0.2) is 23.4 Å². The van der Waals surface area contributed by atoms with Crippen molar-refractivity contribution in [3.8, 4) is 0 Å². The molecule has 0 bridgehead atoms. The fraction of sp³-hybridized carbons (Fsp3) is 0.818. The predicted molar refractivity (Wildman–Crippen MR) is 68.6 cm³/mol. The van der Waals surface area contributed by atoms with Crippen molar-refractivity contribution in [2.75, 3.05) is 13.2 Å². The van der Waals surface area contributed by atoms with Crippen LogP contribution in [0.5, 0.6) is 0 Å². The van der Waals surface area contributed by atoms with Crippen LogP contribution in [0.15, 0.2) is 9.15 Å². The van der Waals surface area contributed by atoms with Crippen molar-refractivity contribution >= 4 is 22.6 Å². The minimum atomic E-state index is 0.299. The molecule has 3 heteroatoms. The molecule has 0 unspecified atom stereocenters. The molecule has 0 amide bonds. The van der Waals surface area contributed by atoms with Crippen LogP contribution in [0, 0.1) is 0 Å². The van der Waals surface area contributed by atoms with Crippen molar-refractivity contribution in [2.45, 2.75) is 45.4 Å². The molecule has 2 N–H and O–H groups in total. The highest BCUT2D eigenvalue weighted by atomic mass is 127. The van der Waals surface area contributed by atoms with Gasteiger partial charge in [0, 0.05) is 13.2 Å². The van der Waals surface area contributed by atoms with Crippen LogP contribution in [0.4, 0.5) is 0 Å². The quantitative estimate of drug-likeness (QED) is 0.534. The van der Waals surface area contributed by atoms with Crippen LogP contribution in [0.3, 0.4) is 0 Å². The number of aliphatic hydroxyl groups is 2. The minimum absolute atomic E-state index is 0.299. The summed E-state index contributed by atoms with van der Waals surface area (Å²) in [6.45, 7) is 2.76. The molecule has 0 heterocycles. The van der Waals surface area contributed by atoms with Crippen molar-refractivity contribution < 1.29 is 10.2 Å². The number of halogens is 1. The molecule has 0 spiro atoms. The Morgan fingerprint density at radius 2 is 1.43 bits per heavy atom. The first-order valence-corrected chi connectivity index (χ1v) is 6.36. The van der Waals surface area contributed by atoms with Gasteiger partial charge in [0.05, 0.1) is 0 Å². The summed E-state index contributed by atoms with van der Waals surface area (Å²) in [7, 11) is 0. The summed E-state index contributed by atoms with van der Waals surface area (Å²) in [5.74, 6) is 0. The van der Waals surface area contributed by atoms with Gasteiger partial charge >= 0.3 is 0 Å². The molecular weight excluding hydrogens is 291 g/mol. The van der Waals surface area contributed by atoms with Crippen LogP contribution < -0.4 is 0 Å². The maximum atomic E-state index is 8.65. The van der Waals surface area contributed by atoms with E-state index in [9.17, 15) is 0 Å². The molecule has 0 aromatic rings. The van der Waals surface area contributed by atoms with Gasteiger partial charge in [0.2, 0.25) is 0 Å². The molecule has 0 rings (SSSR count). The molecular formula is C11H21IO2. The number of hydrogen-bond acceptors (Lipinski definition) is 2. The molecule has 0 aliphatic rings.